The molecule has 2 fully saturated rings. The van der Waals surface area contributed by atoms with Crippen LogP contribution in [0.4, 0.5) is 0 Å². The van der Waals surface area contributed by atoms with Crippen molar-refractivity contribution in [3.8, 4) is 0 Å². The smallest absolute Gasteiger partial charge is 0.0249 e. The Morgan fingerprint density at radius 3 is 2.56 bits per heavy atom. The van der Waals surface area contributed by atoms with Crippen molar-refractivity contribution in [3.05, 3.63) is 0 Å². The highest BCUT2D eigenvalue weighted by atomic mass is 15.2. The van der Waals surface area contributed by atoms with Crippen LogP contribution in [0.2, 0.25) is 0 Å². The molecule has 2 aliphatic rings. The van der Waals surface area contributed by atoms with Gasteiger partial charge in [0.15, 0.2) is 0 Å². The maximum atomic E-state index is 3.44. The number of likely N-dealkylation sites (tertiary alicyclic amines) is 1. The summed E-state index contributed by atoms with van der Waals surface area (Å²) >= 11 is 0. The molecule has 2 rings (SSSR count). The molecule has 0 bridgehead atoms. The van der Waals surface area contributed by atoms with Crippen molar-refractivity contribution in [3.63, 3.8) is 0 Å². The van der Waals surface area contributed by atoms with E-state index < -0.39 is 0 Å². The summed E-state index contributed by atoms with van der Waals surface area (Å²) in [4.78, 5) is 2.77. The summed E-state index contributed by atoms with van der Waals surface area (Å²) in [5.41, 5.74) is 0.263. The van der Waals surface area contributed by atoms with Crippen LogP contribution in [0.3, 0.4) is 0 Å². The second-order valence-corrected chi connectivity index (χ2v) is 6.36. The van der Waals surface area contributed by atoms with Crippen molar-refractivity contribution >= 4 is 0 Å². The number of nitrogens with zero attached hydrogens (tertiary/aromatic N) is 1. The minimum absolute atomic E-state index is 0.263. The van der Waals surface area contributed by atoms with Gasteiger partial charge in [0.1, 0.15) is 0 Å². The van der Waals surface area contributed by atoms with Gasteiger partial charge >= 0.3 is 0 Å². The van der Waals surface area contributed by atoms with Crippen LogP contribution < -0.4 is 5.32 Å². The van der Waals surface area contributed by atoms with Crippen LogP contribution in [0.1, 0.15) is 52.4 Å². The maximum Gasteiger partial charge on any atom is 0.0249 e. The zero-order valence-electron chi connectivity index (χ0n) is 11.3. The summed E-state index contributed by atoms with van der Waals surface area (Å²) in [7, 11) is 2.09. The fraction of sp³-hybridized carbons (Fsp3) is 1.00. The topological polar surface area (TPSA) is 15.3 Å². The Morgan fingerprint density at radius 1 is 1.12 bits per heavy atom. The summed E-state index contributed by atoms with van der Waals surface area (Å²) in [5.74, 6) is 1.01. The Kier molecular flexibility index (Phi) is 3.91. The average Bonchev–Trinajstić information content (AvgIpc) is 2.29. The number of hydrogen-bond donors (Lipinski definition) is 1. The van der Waals surface area contributed by atoms with Gasteiger partial charge in [0.05, 0.1) is 0 Å². The molecule has 0 unspecified atom stereocenters. The first-order valence-corrected chi connectivity index (χ1v) is 7.05. The van der Waals surface area contributed by atoms with Gasteiger partial charge < -0.3 is 5.32 Å². The third kappa shape index (κ3) is 2.78. The lowest BCUT2D eigenvalue weighted by Crippen LogP contribution is -2.55. The summed E-state index contributed by atoms with van der Waals surface area (Å²) in [6.45, 7) is 7.18. The quantitative estimate of drug-likeness (QED) is 0.793. The molecule has 16 heavy (non-hydrogen) atoms. The van der Waals surface area contributed by atoms with Crippen molar-refractivity contribution in [1.29, 1.82) is 0 Å². The lowest BCUT2D eigenvalue weighted by molar-refractivity contribution is 0.0427. The van der Waals surface area contributed by atoms with Crippen molar-refractivity contribution in [2.24, 2.45) is 5.92 Å². The van der Waals surface area contributed by atoms with Gasteiger partial charge in [-0.1, -0.05) is 12.8 Å². The molecular formula is C14H28N2. The van der Waals surface area contributed by atoms with Crippen LogP contribution in [0, 0.1) is 5.92 Å². The predicted molar refractivity (Wildman–Crippen MR) is 69.7 cm³/mol. The van der Waals surface area contributed by atoms with E-state index in [1.807, 2.05) is 0 Å². The third-order valence-electron chi connectivity index (χ3n) is 4.63. The fourth-order valence-electron chi connectivity index (χ4n) is 3.51. The van der Waals surface area contributed by atoms with Crippen LogP contribution in [0.15, 0.2) is 0 Å². The number of nitrogens with one attached hydrogen (secondary N) is 1. The molecule has 0 aromatic carbocycles. The van der Waals surface area contributed by atoms with E-state index >= 15 is 0 Å². The van der Waals surface area contributed by atoms with Gasteiger partial charge in [0.25, 0.3) is 0 Å². The van der Waals surface area contributed by atoms with Crippen molar-refractivity contribution in [1.82, 2.24) is 10.2 Å². The predicted octanol–water partition coefficient (Wildman–Crippen LogP) is 2.64. The summed E-state index contributed by atoms with van der Waals surface area (Å²) < 4.78 is 0. The molecule has 1 N–H and O–H groups in total. The molecule has 1 saturated heterocycles. The first-order chi connectivity index (χ1) is 7.62. The number of likely N-dealkylation sites (N-methyl/N-ethyl adjacent to an activating group) is 1. The summed E-state index contributed by atoms with van der Waals surface area (Å²) in [6.07, 6.45) is 8.77. The number of rotatable bonds is 3. The monoisotopic (exact) mass is 224 g/mol. The number of fused-ring (bicyclic) bond motifs is 1. The van der Waals surface area contributed by atoms with Gasteiger partial charge in [0.2, 0.25) is 0 Å². The number of hydrogen-bond acceptors (Lipinski definition) is 2. The van der Waals surface area contributed by atoms with Crippen LogP contribution in [0.25, 0.3) is 0 Å². The van der Waals surface area contributed by atoms with Crippen molar-refractivity contribution in [2.75, 3.05) is 20.1 Å². The molecule has 1 aliphatic heterocycles. The second kappa shape index (κ2) is 5.05. The molecule has 0 aromatic heterocycles. The molecule has 0 radical (unpaired) electrons. The van der Waals surface area contributed by atoms with Gasteiger partial charge in [0, 0.05) is 18.1 Å². The Labute approximate surface area is 101 Å². The molecule has 1 aliphatic carbocycles. The second-order valence-electron chi connectivity index (χ2n) is 6.36. The van der Waals surface area contributed by atoms with E-state index in [0.717, 1.165) is 12.0 Å². The van der Waals surface area contributed by atoms with E-state index in [1.54, 1.807) is 0 Å². The highest BCUT2D eigenvalue weighted by Gasteiger charge is 2.35. The number of piperidine rings is 1. The van der Waals surface area contributed by atoms with E-state index in [4.69, 9.17) is 0 Å². The van der Waals surface area contributed by atoms with Crippen LogP contribution in [-0.4, -0.2) is 36.6 Å². The van der Waals surface area contributed by atoms with Gasteiger partial charge in [-0.2, -0.15) is 0 Å². The molecule has 0 amide bonds. The molecule has 0 spiro atoms. The van der Waals surface area contributed by atoms with E-state index in [-0.39, 0.29) is 5.54 Å². The highest BCUT2D eigenvalue weighted by molar-refractivity contribution is 4.91. The molecule has 0 aromatic rings. The normalized spacial score (nSPS) is 32.4. The molecule has 2 atom stereocenters. The molecule has 2 nitrogen and oxygen atoms in total. The van der Waals surface area contributed by atoms with Gasteiger partial charge in [-0.25, -0.2) is 0 Å². The SMILES string of the molecule is CNC(C)(C)CN1CCC[C@H]2CCCC[C@H]21. The van der Waals surface area contributed by atoms with Gasteiger partial charge in [-0.05, 0) is 59.0 Å². The molecule has 94 valence electrons. The van der Waals surface area contributed by atoms with Crippen molar-refractivity contribution in [2.45, 2.75) is 64.0 Å². The highest BCUT2D eigenvalue weighted by Crippen LogP contribution is 2.35. The summed E-state index contributed by atoms with van der Waals surface area (Å²) in [5, 5.41) is 3.44. The van der Waals surface area contributed by atoms with Crippen LogP contribution in [0.5, 0.6) is 0 Å². The van der Waals surface area contributed by atoms with E-state index in [0.29, 0.717) is 0 Å². The van der Waals surface area contributed by atoms with E-state index in [9.17, 15) is 0 Å². The van der Waals surface area contributed by atoms with E-state index in [1.165, 1.54) is 51.6 Å². The van der Waals surface area contributed by atoms with Crippen molar-refractivity contribution < 1.29 is 0 Å². The van der Waals surface area contributed by atoms with Gasteiger partial charge in [-0.15, -0.1) is 0 Å². The Bertz CT molecular complexity index is 223. The van der Waals surface area contributed by atoms with Crippen LogP contribution in [-0.2, 0) is 0 Å². The zero-order chi connectivity index (χ0) is 11.6. The fourth-order valence-corrected chi connectivity index (χ4v) is 3.51. The minimum atomic E-state index is 0.263. The maximum absolute atomic E-state index is 3.44. The Balaban J connectivity index is 1.97. The molecule has 1 heterocycles. The standard InChI is InChI=1S/C14H28N2/c1-14(2,15-3)11-16-10-6-8-12-7-4-5-9-13(12)16/h12-13,15H,4-11H2,1-3H3/t12-,13-/m1/s1. The Hall–Kier alpha value is -0.0800. The third-order valence-corrected chi connectivity index (χ3v) is 4.63. The lowest BCUT2D eigenvalue weighted by atomic mass is 9.78. The lowest BCUT2D eigenvalue weighted by Gasteiger charge is -2.46. The first-order valence-electron chi connectivity index (χ1n) is 7.05. The Morgan fingerprint density at radius 2 is 1.81 bits per heavy atom. The summed E-state index contributed by atoms with van der Waals surface area (Å²) in [6, 6.07) is 0.898. The van der Waals surface area contributed by atoms with Gasteiger partial charge in [-0.3, -0.25) is 4.90 Å². The average molecular weight is 224 g/mol. The van der Waals surface area contributed by atoms with E-state index in [2.05, 4.69) is 31.1 Å². The minimum Gasteiger partial charge on any atom is -0.314 e. The largest absolute Gasteiger partial charge is 0.314 e. The zero-order valence-corrected chi connectivity index (χ0v) is 11.3. The molecule has 2 heteroatoms. The first kappa shape index (κ1) is 12.4. The van der Waals surface area contributed by atoms with Crippen LogP contribution >= 0.6 is 0 Å². The molecular weight excluding hydrogens is 196 g/mol. The molecule has 1 saturated carbocycles.